The second-order valence-electron chi connectivity index (χ2n) is 3.27. The van der Waals surface area contributed by atoms with E-state index in [4.69, 9.17) is 0 Å². The summed E-state index contributed by atoms with van der Waals surface area (Å²) in [5.41, 5.74) is -0.954. The SMILES string of the molecule is CC(=O)NCC=Cc1ncccc1C(F)(F)F. The van der Waals surface area contributed by atoms with Crippen LogP contribution in [0.4, 0.5) is 13.2 Å². The Kier molecular flexibility index (Phi) is 4.25. The standard InChI is InChI=1S/C11H11F3N2O/c1-8(17)15-6-3-5-10-9(11(12,13)14)4-2-7-16-10/h2-5,7H,6H2,1H3,(H,15,17). The van der Waals surface area contributed by atoms with Crippen LogP contribution in [0.2, 0.25) is 0 Å². The lowest BCUT2D eigenvalue weighted by atomic mass is 10.2. The van der Waals surface area contributed by atoms with E-state index >= 15 is 0 Å². The minimum atomic E-state index is -4.43. The molecule has 1 N–H and O–H groups in total. The Hall–Kier alpha value is -1.85. The van der Waals surface area contributed by atoms with E-state index in [0.29, 0.717) is 0 Å². The van der Waals surface area contributed by atoms with Crippen LogP contribution in [0.3, 0.4) is 0 Å². The molecule has 0 bridgehead atoms. The van der Waals surface area contributed by atoms with E-state index < -0.39 is 11.7 Å². The van der Waals surface area contributed by atoms with Gasteiger partial charge in [-0.25, -0.2) is 0 Å². The normalized spacial score (nSPS) is 11.8. The number of nitrogens with zero attached hydrogens (tertiary/aromatic N) is 1. The molecule has 0 aliphatic heterocycles. The van der Waals surface area contributed by atoms with Crippen molar-refractivity contribution in [3.63, 3.8) is 0 Å². The molecule has 1 aromatic rings. The maximum Gasteiger partial charge on any atom is 0.418 e. The van der Waals surface area contributed by atoms with Gasteiger partial charge in [0, 0.05) is 19.7 Å². The van der Waals surface area contributed by atoms with Crippen molar-refractivity contribution in [2.24, 2.45) is 0 Å². The zero-order valence-corrected chi connectivity index (χ0v) is 9.08. The maximum atomic E-state index is 12.5. The molecule has 3 nitrogen and oxygen atoms in total. The molecule has 1 amide bonds. The van der Waals surface area contributed by atoms with Crippen LogP contribution >= 0.6 is 0 Å². The van der Waals surface area contributed by atoms with Gasteiger partial charge in [0.2, 0.25) is 5.91 Å². The number of alkyl halides is 3. The molecular weight excluding hydrogens is 233 g/mol. The Bertz CT molecular complexity index is 427. The lowest BCUT2D eigenvalue weighted by Gasteiger charge is -2.08. The van der Waals surface area contributed by atoms with Gasteiger partial charge in [-0.2, -0.15) is 13.2 Å². The monoisotopic (exact) mass is 244 g/mol. The Morgan fingerprint density at radius 2 is 2.24 bits per heavy atom. The number of nitrogens with one attached hydrogen (secondary N) is 1. The molecule has 1 rings (SSSR count). The summed E-state index contributed by atoms with van der Waals surface area (Å²) >= 11 is 0. The van der Waals surface area contributed by atoms with Gasteiger partial charge in [-0.05, 0) is 18.2 Å². The van der Waals surface area contributed by atoms with Crippen LogP contribution in [-0.4, -0.2) is 17.4 Å². The zero-order chi connectivity index (χ0) is 12.9. The van der Waals surface area contributed by atoms with Crippen LogP contribution in [-0.2, 0) is 11.0 Å². The van der Waals surface area contributed by atoms with Gasteiger partial charge in [0.05, 0.1) is 11.3 Å². The summed E-state index contributed by atoms with van der Waals surface area (Å²) in [6.45, 7) is 1.50. The number of hydrogen-bond acceptors (Lipinski definition) is 2. The number of pyridine rings is 1. The molecule has 0 aliphatic carbocycles. The van der Waals surface area contributed by atoms with Crippen molar-refractivity contribution < 1.29 is 18.0 Å². The first kappa shape index (κ1) is 13.2. The van der Waals surface area contributed by atoms with Crippen LogP contribution in [0.15, 0.2) is 24.4 Å². The van der Waals surface area contributed by atoms with Crippen molar-refractivity contribution in [2.75, 3.05) is 6.54 Å². The van der Waals surface area contributed by atoms with E-state index in [1.807, 2.05) is 0 Å². The molecule has 0 fully saturated rings. The molecule has 0 aliphatic rings. The number of aromatic nitrogens is 1. The van der Waals surface area contributed by atoms with Gasteiger partial charge in [0.1, 0.15) is 0 Å². The molecule has 0 radical (unpaired) electrons. The summed E-state index contributed by atoms with van der Waals surface area (Å²) < 4.78 is 37.6. The Balaban J connectivity index is 2.81. The van der Waals surface area contributed by atoms with E-state index in [2.05, 4.69) is 10.3 Å². The average molecular weight is 244 g/mol. The number of carbonyl (C=O) groups is 1. The first-order chi connectivity index (χ1) is 7.91. The molecule has 17 heavy (non-hydrogen) atoms. The van der Waals surface area contributed by atoms with Gasteiger partial charge in [0.25, 0.3) is 0 Å². The molecule has 92 valence electrons. The molecule has 0 saturated heterocycles. The van der Waals surface area contributed by atoms with Crippen molar-refractivity contribution in [3.8, 4) is 0 Å². The summed E-state index contributed by atoms with van der Waals surface area (Å²) in [5.74, 6) is -0.244. The highest BCUT2D eigenvalue weighted by Gasteiger charge is 2.32. The van der Waals surface area contributed by atoms with E-state index in [-0.39, 0.29) is 18.1 Å². The highest BCUT2D eigenvalue weighted by atomic mass is 19.4. The molecule has 0 aromatic carbocycles. The maximum absolute atomic E-state index is 12.5. The van der Waals surface area contributed by atoms with E-state index in [9.17, 15) is 18.0 Å². The highest BCUT2D eigenvalue weighted by Crippen LogP contribution is 2.31. The van der Waals surface area contributed by atoms with Gasteiger partial charge in [-0.15, -0.1) is 0 Å². The first-order valence-corrected chi connectivity index (χ1v) is 4.84. The fraction of sp³-hybridized carbons (Fsp3) is 0.273. The molecule has 0 atom stereocenters. The van der Waals surface area contributed by atoms with Crippen molar-refractivity contribution in [1.29, 1.82) is 0 Å². The average Bonchev–Trinajstić information content (AvgIpc) is 2.23. The number of halogens is 3. The number of rotatable bonds is 3. The van der Waals surface area contributed by atoms with Crippen LogP contribution in [0.5, 0.6) is 0 Å². The second kappa shape index (κ2) is 5.47. The van der Waals surface area contributed by atoms with Crippen LogP contribution in [0.1, 0.15) is 18.2 Å². The van der Waals surface area contributed by atoms with Crippen molar-refractivity contribution >= 4 is 12.0 Å². The predicted molar refractivity (Wildman–Crippen MR) is 57.0 cm³/mol. The summed E-state index contributed by atoms with van der Waals surface area (Å²) in [5, 5.41) is 2.44. The summed E-state index contributed by atoms with van der Waals surface area (Å²) in [7, 11) is 0. The largest absolute Gasteiger partial charge is 0.418 e. The second-order valence-corrected chi connectivity index (χ2v) is 3.27. The smallest absolute Gasteiger partial charge is 0.353 e. The van der Waals surface area contributed by atoms with Crippen molar-refractivity contribution in [3.05, 3.63) is 35.7 Å². The Labute approximate surface area is 96.4 Å². The zero-order valence-electron chi connectivity index (χ0n) is 9.08. The molecule has 0 spiro atoms. The summed E-state index contributed by atoms with van der Waals surface area (Å²) in [6.07, 6.45) is -0.493. The first-order valence-electron chi connectivity index (χ1n) is 4.84. The van der Waals surface area contributed by atoms with Gasteiger partial charge in [-0.3, -0.25) is 9.78 Å². The third-order valence-corrected chi connectivity index (χ3v) is 1.89. The van der Waals surface area contributed by atoms with Gasteiger partial charge in [0.15, 0.2) is 0 Å². The van der Waals surface area contributed by atoms with Crippen LogP contribution in [0.25, 0.3) is 6.08 Å². The minimum absolute atomic E-state index is 0.162. The van der Waals surface area contributed by atoms with Gasteiger partial charge < -0.3 is 5.32 Å². The molecule has 6 heteroatoms. The van der Waals surface area contributed by atoms with E-state index in [1.165, 1.54) is 31.3 Å². The summed E-state index contributed by atoms with van der Waals surface area (Å²) in [6, 6.07) is 2.19. The third kappa shape index (κ3) is 4.26. The Morgan fingerprint density at radius 1 is 1.53 bits per heavy atom. The molecular formula is C11H11F3N2O. The van der Waals surface area contributed by atoms with Gasteiger partial charge in [-0.1, -0.05) is 6.08 Å². The van der Waals surface area contributed by atoms with Crippen molar-refractivity contribution in [1.82, 2.24) is 10.3 Å². The lowest BCUT2D eigenvalue weighted by Crippen LogP contribution is -2.19. The summed E-state index contributed by atoms with van der Waals surface area (Å²) in [4.78, 5) is 14.2. The van der Waals surface area contributed by atoms with Crippen LogP contribution in [0, 0.1) is 0 Å². The number of amides is 1. The van der Waals surface area contributed by atoms with E-state index in [1.54, 1.807) is 0 Å². The van der Waals surface area contributed by atoms with E-state index in [0.717, 1.165) is 6.07 Å². The molecule has 1 heterocycles. The molecule has 0 unspecified atom stereocenters. The third-order valence-electron chi connectivity index (χ3n) is 1.89. The quantitative estimate of drug-likeness (QED) is 0.886. The van der Waals surface area contributed by atoms with Crippen molar-refractivity contribution in [2.45, 2.75) is 13.1 Å². The fourth-order valence-electron chi connectivity index (χ4n) is 1.16. The molecule has 1 aromatic heterocycles. The fourth-order valence-corrected chi connectivity index (χ4v) is 1.16. The predicted octanol–water partition coefficient (Wildman–Crippen LogP) is 2.25. The molecule has 0 saturated carbocycles. The lowest BCUT2D eigenvalue weighted by molar-refractivity contribution is -0.138. The Morgan fingerprint density at radius 3 is 2.82 bits per heavy atom. The highest BCUT2D eigenvalue weighted by molar-refractivity contribution is 5.73. The van der Waals surface area contributed by atoms with Crippen LogP contribution < -0.4 is 5.32 Å². The number of hydrogen-bond donors (Lipinski definition) is 1. The topological polar surface area (TPSA) is 42.0 Å². The van der Waals surface area contributed by atoms with Gasteiger partial charge >= 0.3 is 6.18 Å². The minimum Gasteiger partial charge on any atom is -0.353 e. The number of carbonyl (C=O) groups excluding carboxylic acids is 1.